The molecule has 1 N–H and O–H groups in total. The molecule has 0 bridgehead atoms. The second-order valence-corrected chi connectivity index (χ2v) is 10.0. The largest absolute Gasteiger partial charge is 0.450 e. The van der Waals surface area contributed by atoms with E-state index in [1.54, 1.807) is 11.8 Å². The number of hydrogen-bond acceptors (Lipinski definition) is 7. The number of amides is 3. The van der Waals surface area contributed by atoms with Crippen LogP contribution in [0.1, 0.15) is 26.2 Å². The number of carbonyl (C=O) groups excluding carboxylic acids is 3. The van der Waals surface area contributed by atoms with Gasteiger partial charge in [-0.25, -0.2) is 13.2 Å². The first kappa shape index (κ1) is 23.4. The highest BCUT2D eigenvalue weighted by Gasteiger charge is 2.37. The Labute approximate surface area is 172 Å². The lowest BCUT2D eigenvalue weighted by Gasteiger charge is -2.33. The van der Waals surface area contributed by atoms with Crippen molar-refractivity contribution in [3.05, 3.63) is 0 Å². The van der Waals surface area contributed by atoms with E-state index in [9.17, 15) is 22.8 Å². The Morgan fingerprint density at radius 1 is 1.10 bits per heavy atom. The Bertz CT molecular complexity index is 703. The molecule has 2 fully saturated rings. The number of nitrogens with zero attached hydrogens (tertiary/aromatic N) is 3. The topological polar surface area (TPSA) is 116 Å². The van der Waals surface area contributed by atoms with Gasteiger partial charge in [0.25, 0.3) is 0 Å². The van der Waals surface area contributed by atoms with Gasteiger partial charge in [-0.15, -0.1) is 0 Å². The molecule has 2 heterocycles. The molecule has 3 amide bonds. The lowest BCUT2D eigenvalue weighted by molar-refractivity contribution is -0.147. The fourth-order valence-corrected chi connectivity index (χ4v) is 5.31. The molecule has 2 aliphatic heterocycles. The van der Waals surface area contributed by atoms with Crippen molar-refractivity contribution in [1.29, 1.82) is 0 Å². The first-order valence-electron chi connectivity index (χ1n) is 10.0. The predicted octanol–water partition coefficient (Wildman–Crippen LogP) is -0.699. The van der Waals surface area contributed by atoms with Crippen molar-refractivity contribution >= 4 is 27.7 Å². The number of carbonyl (C=O) groups is 3. The number of nitrogens with one attached hydrogen (secondary N) is 1. The zero-order valence-electron chi connectivity index (χ0n) is 17.4. The van der Waals surface area contributed by atoms with E-state index in [0.717, 1.165) is 0 Å². The molecule has 0 aliphatic carbocycles. The molecule has 2 aliphatic rings. The van der Waals surface area contributed by atoms with Crippen molar-refractivity contribution in [2.75, 3.05) is 58.4 Å². The molecule has 2 rings (SSSR count). The minimum Gasteiger partial charge on any atom is -0.450 e. The van der Waals surface area contributed by atoms with E-state index in [4.69, 9.17) is 4.74 Å². The van der Waals surface area contributed by atoms with E-state index in [-0.39, 0.29) is 23.6 Å². The standard InChI is InChI=1S/C18H32N4O6S/c1-4-28-18(25)21-8-5-14(6-9-21)19-16(23)17(24)22(11-10-20(2)3)15-7-12-29(26,27)13-15/h14-15H,4-13H2,1-3H3,(H,19,23). The Balaban J connectivity index is 1.93. The maximum absolute atomic E-state index is 12.8. The SMILES string of the molecule is CCOC(=O)N1CCC(NC(=O)C(=O)N(CCN(C)C)C2CCS(=O)(=O)C2)CC1. The summed E-state index contributed by atoms with van der Waals surface area (Å²) >= 11 is 0. The van der Waals surface area contributed by atoms with Gasteiger partial charge in [0.05, 0.1) is 18.1 Å². The molecule has 0 aromatic heterocycles. The molecule has 11 heteroatoms. The third-order valence-electron chi connectivity index (χ3n) is 5.25. The summed E-state index contributed by atoms with van der Waals surface area (Å²) in [6, 6.07) is -0.677. The van der Waals surface area contributed by atoms with E-state index in [0.29, 0.717) is 52.0 Å². The monoisotopic (exact) mass is 432 g/mol. The molecule has 166 valence electrons. The highest BCUT2D eigenvalue weighted by Crippen LogP contribution is 2.18. The van der Waals surface area contributed by atoms with E-state index in [1.807, 2.05) is 19.0 Å². The van der Waals surface area contributed by atoms with E-state index in [1.165, 1.54) is 4.90 Å². The molecule has 0 radical (unpaired) electrons. The number of likely N-dealkylation sites (tertiary alicyclic amines) is 1. The zero-order chi connectivity index (χ0) is 21.6. The van der Waals surface area contributed by atoms with Crippen LogP contribution in [0.5, 0.6) is 0 Å². The second-order valence-electron chi connectivity index (χ2n) is 7.79. The fraction of sp³-hybridized carbons (Fsp3) is 0.833. The number of piperidine rings is 1. The molecule has 0 spiro atoms. The van der Waals surface area contributed by atoms with Gasteiger partial charge in [0.2, 0.25) is 0 Å². The molecule has 1 unspecified atom stereocenters. The van der Waals surface area contributed by atoms with Crippen LogP contribution in [0.25, 0.3) is 0 Å². The summed E-state index contributed by atoms with van der Waals surface area (Å²) in [5, 5.41) is 2.75. The van der Waals surface area contributed by atoms with Gasteiger partial charge in [-0.05, 0) is 40.3 Å². The summed E-state index contributed by atoms with van der Waals surface area (Å²) in [6.07, 6.45) is 1.05. The number of likely N-dealkylation sites (N-methyl/N-ethyl adjacent to an activating group) is 1. The summed E-state index contributed by atoms with van der Waals surface area (Å²) in [5.41, 5.74) is 0. The molecule has 0 aromatic carbocycles. The van der Waals surface area contributed by atoms with Gasteiger partial charge in [-0.2, -0.15) is 0 Å². The first-order valence-corrected chi connectivity index (χ1v) is 11.8. The lowest BCUT2D eigenvalue weighted by atomic mass is 10.1. The van der Waals surface area contributed by atoms with Crippen LogP contribution in [0.3, 0.4) is 0 Å². The minimum atomic E-state index is -3.17. The van der Waals surface area contributed by atoms with Gasteiger partial charge in [0, 0.05) is 38.3 Å². The van der Waals surface area contributed by atoms with Crippen molar-refractivity contribution in [3.63, 3.8) is 0 Å². The van der Waals surface area contributed by atoms with Gasteiger partial charge in [0.1, 0.15) is 0 Å². The van der Waals surface area contributed by atoms with Crippen LogP contribution in [-0.2, 0) is 24.2 Å². The molecule has 10 nitrogen and oxygen atoms in total. The molecule has 2 saturated heterocycles. The number of rotatable bonds is 6. The van der Waals surface area contributed by atoms with Crippen molar-refractivity contribution in [2.45, 2.75) is 38.3 Å². The predicted molar refractivity (Wildman–Crippen MR) is 107 cm³/mol. The molecular formula is C18H32N4O6S. The zero-order valence-corrected chi connectivity index (χ0v) is 18.2. The normalized spacial score (nSPS) is 21.8. The quantitative estimate of drug-likeness (QED) is 0.552. The van der Waals surface area contributed by atoms with E-state index in [2.05, 4.69) is 5.32 Å². The Morgan fingerprint density at radius 3 is 2.28 bits per heavy atom. The second kappa shape index (κ2) is 10.2. The molecule has 0 saturated carbocycles. The molecule has 0 aromatic rings. The van der Waals surface area contributed by atoms with Crippen molar-refractivity contribution in [3.8, 4) is 0 Å². The maximum atomic E-state index is 12.8. The van der Waals surface area contributed by atoms with Gasteiger partial charge < -0.3 is 24.8 Å². The highest BCUT2D eigenvalue weighted by molar-refractivity contribution is 7.91. The Kier molecular flexibility index (Phi) is 8.26. The summed E-state index contributed by atoms with van der Waals surface area (Å²) in [4.78, 5) is 42.0. The van der Waals surface area contributed by atoms with Crippen LogP contribution in [-0.4, -0.2) is 111 Å². The smallest absolute Gasteiger partial charge is 0.409 e. The van der Waals surface area contributed by atoms with Gasteiger partial charge in [0.15, 0.2) is 9.84 Å². The molecule has 1 atom stereocenters. The van der Waals surface area contributed by atoms with Crippen molar-refractivity contribution in [1.82, 2.24) is 20.0 Å². The number of ether oxygens (including phenoxy) is 1. The lowest BCUT2D eigenvalue weighted by Crippen LogP contribution is -2.54. The average molecular weight is 433 g/mol. The van der Waals surface area contributed by atoms with Crippen LogP contribution < -0.4 is 5.32 Å². The van der Waals surface area contributed by atoms with Gasteiger partial charge >= 0.3 is 17.9 Å². The highest BCUT2D eigenvalue weighted by atomic mass is 32.2. The average Bonchev–Trinajstić information content (AvgIpc) is 3.01. The van der Waals surface area contributed by atoms with Crippen LogP contribution in [0, 0.1) is 0 Å². The molecular weight excluding hydrogens is 400 g/mol. The van der Waals surface area contributed by atoms with Gasteiger partial charge in [-0.3, -0.25) is 9.59 Å². The summed E-state index contributed by atoms with van der Waals surface area (Å²) in [6.45, 7) is 3.78. The van der Waals surface area contributed by atoms with Crippen molar-refractivity contribution in [2.24, 2.45) is 0 Å². The van der Waals surface area contributed by atoms with Crippen molar-refractivity contribution < 1.29 is 27.5 Å². The Hall–Kier alpha value is -1.88. The fourth-order valence-electron chi connectivity index (χ4n) is 3.58. The molecule has 29 heavy (non-hydrogen) atoms. The van der Waals surface area contributed by atoms with Crippen LogP contribution >= 0.6 is 0 Å². The third-order valence-corrected chi connectivity index (χ3v) is 7.00. The Morgan fingerprint density at radius 2 is 1.76 bits per heavy atom. The summed E-state index contributed by atoms with van der Waals surface area (Å²) in [7, 11) is 0.532. The maximum Gasteiger partial charge on any atom is 0.409 e. The van der Waals surface area contributed by atoms with E-state index < -0.39 is 27.7 Å². The number of sulfone groups is 1. The van der Waals surface area contributed by atoms with Crippen LogP contribution in [0.4, 0.5) is 4.79 Å². The summed E-state index contributed by atoms with van der Waals surface area (Å²) in [5.74, 6) is -1.47. The third kappa shape index (κ3) is 6.84. The van der Waals surface area contributed by atoms with E-state index >= 15 is 0 Å². The van der Waals surface area contributed by atoms with Crippen LogP contribution in [0.2, 0.25) is 0 Å². The minimum absolute atomic E-state index is 0.0390. The summed E-state index contributed by atoms with van der Waals surface area (Å²) < 4.78 is 28.6. The number of hydrogen-bond donors (Lipinski definition) is 1. The first-order chi connectivity index (χ1) is 13.6. The van der Waals surface area contributed by atoms with Gasteiger partial charge in [-0.1, -0.05) is 0 Å². The van der Waals surface area contributed by atoms with Crippen LogP contribution in [0.15, 0.2) is 0 Å².